The van der Waals surface area contributed by atoms with Gasteiger partial charge >= 0.3 is 12.0 Å². The van der Waals surface area contributed by atoms with E-state index in [1.165, 1.54) is 7.11 Å². The molecule has 0 radical (unpaired) electrons. The summed E-state index contributed by atoms with van der Waals surface area (Å²) in [7, 11) is 1.24. The number of nitrogens with one attached hydrogen (secondary N) is 2. The second-order valence-electron chi connectivity index (χ2n) is 5.27. The molecule has 8 heteroatoms. The Morgan fingerprint density at radius 3 is 2.12 bits per heavy atom. The maximum Gasteiger partial charge on any atom is 0.377 e. The van der Waals surface area contributed by atoms with Crippen LogP contribution in [0.15, 0.2) is 60.7 Å². The van der Waals surface area contributed by atoms with Crippen LogP contribution in [0.5, 0.6) is 0 Å². The number of nitrogens with zero attached hydrogens (tertiary/aromatic N) is 2. The van der Waals surface area contributed by atoms with Crippen LogP contribution in [0.2, 0.25) is 0 Å². The van der Waals surface area contributed by atoms with Crippen molar-refractivity contribution in [1.82, 2.24) is 14.7 Å². The van der Waals surface area contributed by atoms with Crippen molar-refractivity contribution in [3.63, 3.8) is 0 Å². The van der Waals surface area contributed by atoms with Crippen LogP contribution < -0.4 is 10.6 Å². The zero-order valence-electron chi connectivity index (χ0n) is 13.9. The number of aromatic nitrogens is 2. The van der Waals surface area contributed by atoms with Crippen molar-refractivity contribution in [3.05, 3.63) is 77.6 Å². The van der Waals surface area contributed by atoms with E-state index >= 15 is 0 Å². The van der Waals surface area contributed by atoms with Crippen LogP contribution in [0.25, 0.3) is 0 Å². The van der Waals surface area contributed by atoms with Crippen LogP contribution in [-0.4, -0.2) is 28.5 Å². The number of ether oxygens (including phenoxy) is 1. The van der Waals surface area contributed by atoms with Gasteiger partial charge in [0.25, 0.3) is 5.82 Å². The van der Waals surface area contributed by atoms with Gasteiger partial charge in [0.15, 0.2) is 0 Å². The van der Waals surface area contributed by atoms with Gasteiger partial charge < -0.3 is 10.1 Å². The number of carbonyl (C=O) groups is 2. The van der Waals surface area contributed by atoms with Gasteiger partial charge in [-0.25, -0.2) is 9.59 Å². The summed E-state index contributed by atoms with van der Waals surface area (Å²) in [6.45, 7) is 0. The molecule has 2 amide bonds. The van der Waals surface area contributed by atoms with E-state index in [0.29, 0.717) is 0 Å². The van der Waals surface area contributed by atoms with Crippen LogP contribution in [0.4, 0.5) is 9.93 Å². The van der Waals surface area contributed by atoms with Gasteiger partial charge in [-0.2, -0.15) is 9.36 Å². The average molecular weight is 368 g/mol. The molecule has 0 saturated carbocycles. The van der Waals surface area contributed by atoms with Crippen LogP contribution in [0.1, 0.15) is 27.8 Å². The molecule has 7 nitrogen and oxygen atoms in total. The summed E-state index contributed by atoms with van der Waals surface area (Å²) in [4.78, 5) is 27.7. The fourth-order valence-corrected chi connectivity index (χ4v) is 2.92. The second kappa shape index (κ2) is 8.21. The van der Waals surface area contributed by atoms with E-state index in [1.807, 2.05) is 60.7 Å². The van der Waals surface area contributed by atoms with Crippen molar-refractivity contribution in [2.45, 2.75) is 6.04 Å². The molecule has 2 N–H and O–H groups in total. The Labute approximate surface area is 154 Å². The number of rotatable bonds is 5. The predicted molar refractivity (Wildman–Crippen MR) is 98.1 cm³/mol. The molecule has 1 aromatic heterocycles. The fraction of sp³-hybridized carbons (Fsp3) is 0.111. The number of urea groups is 1. The van der Waals surface area contributed by atoms with E-state index in [1.54, 1.807) is 0 Å². The first-order valence-corrected chi connectivity index (χ1v) is 8.54. The monoisotopic (exact) mass is 368 g/mol. The average Bonchev–Trinajstić information content (AvgIpc) is 3.15. The van der Waals surface area contributed by atoms with Crippen molar-refractivity contribution >= 4 is 28.7 Å². The predicted octanol–water partition coefficient (Wildman–Crippen LogP) is 3.24. The molecule has 26 heavy (non-hydrogen) atoms. The van der Waals surface area contributed by atoms with E-state index in [0.717, 1.165) is 22.7 Å². The molecule has 3 aromatic rings. The fourth-order valence-electron chi connectivity index (χ4n) is 2.36. The highest BCUT2D eigenvalue weighted by molar-refractivity contribution is 7.10. The quantitative estimate of drug-likeness (QED) is 0.675. The van der Waals surface area contributed by atoms with Crippen LogP contribution >= 0.6 is 11.5 Å². The Balaban J connectivity index is 1.75. The minimum absolute atomic E-state index is 0.0875. The minimum atomic E-state index is -0.652. The lowest BCUT2D eigenvalue weighted by atomic mass is 9.99. The summed E-state index contributed by atoms with van der Waals surface area (Å²) in [5.41, 5.74) is 1.89. The molecule has 3 rings (SSSR count). The molecular formula is C18H16N4O3S. The maximum absolute atomic E-state index is 12.4. The Morgan fingerprint density at radius 2 is 1.58 bits per heavy atom. The lowest BCUT2D eigenvalue weighted by Gasteiger charge is -2.19. The third-order valence-electron chi connectivity index (χ3n) is 3.56. The van der Waals surface area contributed by atoms with Gasteiger partial charge in [-0.15, -0.1) is 0 Å². The molecule has 0 bridgehead atoms. The highest BCUT2D eigenvalue weighted by Crippen LogP contribution is 2.22. The number of benzene rings is 2. The molecule has 0 aliphatic carbocycles. The van der Waals surface area contributed by atoms with E-state index < -0.39 is 12.0 Å². The lowest BCUT2D eigenvalue weighted by molar-refractivity contribution is 0.0588. The van der Waals surface area contributed by atoms with E-state index in [-0.39, 0.29) is 17.0 Å². The molecule has 0 fully saturated rings. The molecule has 0 atom stereocenters. The van der Waals surface area contributed by atoms with Crippen LogP contribution in [-0.2, 0) is 4.74 Å². The third kappa shape index (κ3) is 4.22. The number of anilines is 1. The Hall–Kier alpha value is -3.26. The molecule has 0 aliphatic rings. The molecule has 1 heterocycles. The van der Waals surface area contributed by atoms with Crippen LogP contribution in [0, 0.1) is 0 Å². The van der Waals surface area contributed by atoms with E-state index in [9.17, 15) is 9.59 Å². The number of hydrogen-bond acceptors (Lipinski definition) is 6. The molecule has 132 valence electrons. The third-order valence-corrected chi connectivity index (χ3v) is 4.19. The zero-order chi connectivity index (χ0) is 18.4. The summed E-state index contributed by atoms with van der Waals surface area (Å²) < 4.78 is 8.40. The Kier molecular flexibility index (Phi) is 5.55. The normalized spacial score (nSPS) is 10.4. The van der Waals surface area contributed by atoms with Crippen molar-refractivity contribution in [3.8, 4) is 0 Å². The standard InChI is InChI=1S/C18H16N4O3S/c1-25-16(23)15-20-18(26-22-15)21-17(24)19-14(12-8-4-2-5-9-12)13-10-6-3-7-11-13/h2-11,14H,1H3,(H2,19,20,21,22,24). The second-order valence-corrected chi connectivity index (χ2v) is 6.02. The van der Waals surface area contributed by atoms with Crippen LogP contribution in [0.3, 0.4) is 0 Å². The first-order valence-electron chi connectivity index (χ1n) is 7.77. The highest BCUT2D eigenvalue weighted by Gasteiger charge is 2.19. The summed E-state index contributed by atoms with van der Waals surface area (Å²) >= 11 is 0.906. The Bertz CT molecular complexity index is 844. The summed E-state index contributed by atoms with van der Waals surface area (Å²) in [6, 6.07) is 18.5. The van der Waals surface area contributed by atoms with Crippen molar-refractivity contribution in [1.29, 1.82) is 0 Å². The SMILES string of the molecule is COC(=O)c1nsc(NC(=O)NC(c2ccccc2)c2ccccc2)n1. The topological polar surface area (TPSA) is 93.2 Å². The summed E-state index contributed by atoms with van der Waals surface area (Å²) in [5.74, 6) is -0.739. The number of methoxy groups -OCH3 is 1. The molecular weight excluding hydrogens is 352 g/mol. The lowest BCUT2D eigenvalue weighted by Crippen LogP contribution is -2.33. The molecule has 2 aromatic carbocycles. The molecule has 0 spiro atoms. The zero-order valence-corrected chi connectivity index (χ0v) is 14.7. The Morgan fingerprint density at radius 1 is 1.00 bits per heavy atom. The summed E-state index contributed by atoms with van der Waals surface area (Å²) in [6.07, 6.45) is 0. The van der Waals surface area contributed by atoms with Crippen molar-refractivity contribution in [2.75, 3.05) is 12.4 Å². The van der Waals surface area contributed by atoms with Gasteiger partial charge in [0.05, 0.1) is 13.2 Å². The highest BCUT2D eigenvalue weighted by atomic mass is 32.1. The first-order chi connectivity index (χ1) is 12.7. The van der Waals surface area contributed by atoms with Gasteiger partial charge in [0.1, 0.15) is 0 Å². The molecule has 0 unspecified atom stereocenters. The van der Waals surface area contributed by atoms with E-state index in [2.05, 4.69) is 24.7 Å². The van der Waals surface area contributed by atoms with Gasteiger partial charge in [-0.1, -0.05) is 60.7 Å². The van der Waals surface area contributed by atoms with Crippen molar-refractivity contribution < 1.29 is 14.3 Å². The van der Waals surface area contributed by atoms with Crippen molar-refractivity contribution in [2.24, 2.45) is 0 Å². The van der Waals surface area contributed by atoms with Gasteiger partial charge in [0.2, 0.25) is 5.13 Å². The smallest absolute Gasteiger partial charge is 0.377 e. The molecule has 0 saturated heterocycles. The maximum atomic E-state index is 12.4. The van der Waals surface area contributed by atoms with E-state index in [4.69, 9.17) is 0 Å². The number of amides is 2. The van der Waals surface area contributed by atoms with Gasteiger partial charge in [0, 0.05) is 11.5 Å². The number of carbonyl (C=O) groups excluding carboxylic acids is 2. The number of hydrogen-bond donors (Lipinski definition) is 2. The molecule has 0 aliphatic heterocycles. The number of esters is 1. The van der Waals surface area contributed by atoms with Gasteiger partial charge in [-0.05, 0) is 11.1 Å². The van der Waals surface area contributed by atoms with Gasteiger partial charge in [-0.3, -0.25) is 5.32 Å². The first kappa shape index (κ1) is 17.6. The summed E-state index contributed by atoms with van der Waals surface area (Å²) in [5, 5.41) is 5.73. The minimum Gasteiger partial charge on any atom is -0.463 e. The largest absolute Gasteiger partial charge is 0.463 e.